The lowest BCUT2D eigenvalue weighted by Crippen LogP contribution is -2.36. The molecule has 0 saturated carbocycles. The molecule has 11 heteroatoms. The van der Waals surface area contributed by atoms with E-state index in [0.29, 0.717) is 24.3 Å². The second kappa shape index (κ2) is 10.4. The van der Waals surface area contributed by atoms with Crippen molar-refractivity contribution in [1.82, 2.24) is 10.3 Å². The lowest BCUT2D eigenvalue weighted by molar-refractivity contribution is -0.763. The number of carbonyl (C=O) groups excluding carboxylic acids is 1. The fourth-order valence-electron chi connectivity index (χ4n) is 2.84. The number of hydrogen-bond acceptors (Lipinski definition) is 9. The molecule has 0 saturated heterocycles. The molecule has 2 heterocycles. The monoisotopic (exact) mass is 450 g/mol. The van der Waals surface area contributed by atoms with Crippen LogP contribution in [0.3, 0.4) is 0 Å². The summed E-state index contributed by atoms with van der Waals surface area (Å²) in [5.74, 6) is -0.256. The molecular formula is C21H20N7O3S+. The Morgan fingerprint density at radius 2 is 2.00 bits per heavy atom. The van der Waals surface area contributed by atoms with Crippen LogP contribution in [0.4, 0.5) is 11.7 Å². The van der Waals surface area contributed by atoms with Crippen LogP contribution in [-0.4, -0.2) is 35.6 Å². The van der Waals surface area contributed by atoms with Crippen LogP contribution < -0.4 is 15.7 Å². The van der Waals surface area contributed by atoms with Gasteiger partial charge in [0.2, 0.25) is 17.7 Å². The first kappa shape index (κ1) is 22.7. The van der Waals surface area contributed by atoms with Crippen LogP contribution in [0.25, 0.3) is 11.1 Å². The first-order chi connectivity index (χ1) is 15.5. The molecule has 0 radical (unpaired) electrons. The van der Waals surface area contributed by atoms with E-state index in [1.165, 1.54) is 10.9 Å². The number of pyridine rings is 1. The van der Waals surface area contributed by atoms with Gasteiger partial charge in [-0.25, -0.2) is 4.98 Å². The molecule has 3 aromatic rings. The van der Waals surface area contributed by atoms with E-state index >= 15 is 0 Å². The highest BCUT2D eigenvalue weighted by Crippen LogP contribution is 2.35. The van der Waals surface area contributed by atoms with E-state index in [2.05, 4.69) is 21.6 Å². The molecule has 3 N–H and O–H groups in total. The number of benzene rings is 1. The van der Waals surface area contributed by atoms with Gasteiger partial charge in [0.15, 0.2) is 0 Å². The largest absolute Gasteiger partial charge is 0.383 e. The number of carbonyl (C=O) groups is 1. The molecule has 162 valence electrons. The van der Waals surface area contributed by atoms with E-state index < -0.39 is 0 Å². The van der Waals surface area contributed by atoms with Crippen molar-refractivity contribution in [3.05, 3.63) is 47.2 Å². The lowest BCUT2D eigenvalue weighted by atomic mass is 9.96. The molecule has 1 amide bonds. The number of amides is 1. The summed E-state index contributed by atoms with van der Waals surface area (Å²) in [7, 11) is 1.57. The van der Waals surface area contributed by atoms with Gasteiger partial charge in [-0.1, -0.05) is 41.6 Å². The molecule has 1 aromatic carbocycles. The van der Waals surface area contributed by atoms with Gasteiger partial charge in [-0.05, 0) is 17.2 Å². The number of nitrogens with two attached hydrogens (primary N) is 1. The maximum atomic E-state index is 12.4. The average molecular weight is 451 g/mol. The van der Waals surface area contributed by atoms with Gasteiger partial charge >= 0.3 is 5.88 Å². The molecular weight excluding hydrogens is 430 g/mol. The van der Waals surface area contributed by atoms with Crippen molar-refractivity contribution in [3.8, 4) is 23.3 Å². The molecule has 0 fully saturated rings. The summed E-state index contributed by atoms with van der Waals surface area (Å²) in [6.45, 7) is 2.87. The topological polar surface area (TPSA) is 155 Å². The van der Waals surface area contributed by atoms with Gasteiger partial charge in [0.05, 0.1) is 11.3 Å². The Morgan fingerprint density at radius 3 is 2.66 bits per heavy atom. The highest BCUT2D eigenvalue weighted by atomic mass is 32.2. The third-order valence-electron chi connectivity index (χ3n) is 4.39. The van der Waals surface area contributed by atoms with Crippen LogP contribution in [0.5, 0.6) is 0 Å². The molecule has 0 aliphatic carbocycles. The van der Waals surface area contributed by atoms with Gasteiger partial charge in [-0.3, -0.25) is 14.6 Å². The van der Waals surface area contributed by atoms with E-state index in [-0.39, 0.29) is 39.5 Å². The van der Waals surface area contributed by atoms with E-state index in [9.17, 15) is 15.3 Å². The molecule has 0 spiro atoms. The number of aromatic nitrogens is 3. The van der Waals surface area contributed by atoms with Crippen molar-refractivity contribution >= 4 is 29.4 Å². The second-order valence-corrected chi connectivity index (χ2v) is 7.64. The van der Waals surface area contributed by atoms with Crippen LogP contribution in [0.2, 0.25) is 0 Å². The normalized spacial score (nSPS) is 10.4. The highest BCUT2D eigenvalue weighted by Gasteiger charge is 2.21. The van der Waals surface area contributed by atoms with Crippen LogP contribution in [0, 0.1) is 29.6 Å². The Bertz CT molecular complexity index is 1210. The van der Waals surface area contributed by atoms with Crippen LogP contribution in [0.15, 0.2) is 40.0 Å². The summed E-state index contributed by atoms with van der Waals surface area (Å²) >= 11 is 1.04. The molecule has 3 rings (SSSR count). The molecule has 0 unspecified atom stereocenters. The first-order valence-corrected chi connectivity index (χ1v) is 10.4. The number of nitrogens with zero attached hydrogens (tertiary/aromatic N) is 5. The van der Waals surface area contributed by atoms with Crippen LogP contribution in [0.1, 0.15) is 16.7 Å². The number of anilines is 2. The fraction of sp³-hybridized carbons (Fsp3) is 0.238. The number of methoxy groups -OCH3 is 1. The quantitative estimate of drug-likeness (QED) is 0.387. The Kier molecular flexibility index (Phi) is 7.39. The van der Waals surface area contributed by atoms with Crippen molar-refractivity contribution in [3.63, 3.8) is 0 Å². The smallest absolute Gasteiger partial charge is 0.302 e. The van der Waals surface area contributed by atoms with Crippen LogP contribution in [-0.2, 0) is 16.1 Å². The van der Waals surface area contributed by atoms with E-state index in [0.717, 1.165) is 17.3 Å². The Balaban J connectivity index is 1.81. The van der Waals surface area contributed by atoms with Gasteiger partial charge in [0.25, 0.3) is 6.20 Å². The van der Waals surface area contributed by atoms with Crippen LogP contribution >= 0.6 is 11.8 Å². The molecule has 0 bridgehead atoms. The molecule has 0 aliphatic rings. The third kappa shape index (κ3) is 5.21. The minimum Gasteiger partial charge on any atom is -0.383 e. The maximum absolute atomic E-state index is 12.4. The van der Waals surface area contributed by atoms with E-state index in [4.69, 9.17) is 15.0 Å². The summed E-state index contributed by atoms with van der Waals surface area (Å²) in [5, 5.41) is 26.0. The molecule has 32 heavy (non-hydrogen) atoms. The molecule has 0 atom stereocenters. The zero-order valence-electron chi connectivity index (χ0n) is 17.5. The minimum atomic E-state index is -0.379. The Labute approximate surface area is 188 Å². The zero-order chi connectivity index (χ0) is 23.1. The summed E-state index contributed by atoms with van der Waals surface area (Å²) < 4.78 is 11.5. The average Bonchev–Trinajstić information content (AvgIpc) is 3.23. The van der Waals surface area contributed by atoms with Gasteiger partial charge < -0.3 is 10.5 Å². The predicted molar refractivity (Wildman–Crippen MR) is 116 cm³/mol. The SMILES string of the molecule is COCC[n+]1cc(NC(=O)CSc2nc(N)c(C#N)c(-c3ccc(C)cc3)c2C#N)on1. The Hall–Kier alpha value is -3.93. The van der Waals surface area contributed by atoms with Gasteiger partial charge in [0, 0.05) is 12.7 Å². The number of aryl methyl sites for hydroxylation is 1. The number of hydrogen-bond donors (Lipinski definition) is 2. The third-order valence-corrected chi connectivity index (χ3v) is 5.37. The number of rotatable bonds is 8. The Morgan fingerprint density at radius 1 is 1.28 bits per heavy atom. The summed E-state index contributed by atoms with van der Waals surface area (Å²) in [6.07, 6.45) is 1.54. The highest BCUT2D eigenvalue weighted by molar-refractivity contribution is 8.00. The maximum Gasteiger partial charge on any atom is 0.302 e. The zero-order valence-corrected chi connectivity index (χ0v) is 18.3. The molecule has 0 aliphatic heterocycles. The van der Waals surface area contributed by atoms with Crippen molar-refractivity contribution in [2.75, 3.05) is 30.5 Å². The fourth-order valence-corrected chi connectivity index (χ4v) is 3.64. The number of nitrogen functional groups attached to an aromatic ring is 1. The van der Waals surface area contributed by atoms with Crippen molar-refractivity contribution in [1.29, 1.82) is 10.5 Å². The predicted octanol–water partition coefficient (Wildman–Crippen LogP) is 2.04. The summed E-state index contributed by atoms with van der Waals surface area (Å²) in [5.41, 5.74) is 8.43. The molecule has 10 nitrogen and oxygen atoms in total. The standard InChI is InChI=1S/C21H19N7O3S/c1-13-3-5-14(6-4-13)19-15(9-22)20(24)26-21(16(19)10-23)32-12-17(29)25-18-11-28(27-31-18)7-8-30-2/h3-6,11H,7-8,12H2,1-2H3,(H2-,24,25,26,27,29)/p+1. The number of thioether (sulfide) groups is 1. The lowest BCUT2D eigenvalue weighted by Gasteiger charge is -2.13. The number of nitrogens with one attached hydrogen (secondary N) is 1. The number of ether oxygens (including phenoxy) is 1. The van der Waals surface area contributed by atoms with Crippen molar-refractivity contribution in [2.45, 2.75) is 18.5 Å². The van der Waals surface area contributed by atoms with E-state index in [1.807, 2.05) is 37.3 Å². The minimum absolute atomic E-state index is 0.000553. The summed E-state index contributed by atoms with van der Waals surface area (Å²) in [4.78, 5) is 16.6. The molecule has 2 aromatic heterocycles. The second-order valence-electron chi connectivity index (χ2n) is 6.68. The van der Waals surface area contributed by atoms with Gasteiger partial charge in [-0.15, -0.1) is 0 Å². The van der Waals surface area contributed by atoms with E-state index in [1.54, 1.807) is 7.11 Å². The van der Waals surface area contributed by atoms with Crippen molar-refractivity contribution in [2.24, 2.45) is 0 Å². The van der Waals surface area contributed by atoms with Gasteiger partial charge in [0.1, 0.15) is 35.2 Å². The summed E-state index contributed by atoms with van der Waals surface area (Å²) in [6, 6.07) is 11.5. The first-order valence-electron chi connectivity index (χ1n) is 9.45. The van der Waals surface area contributed by atoms with Crippen molar-refractivity contribution < 1.29 is 18.7 Å². The number of nitriles is 2. The van der Waals surface area contributed by atoms with Gasteiger partial charge in [-0.2, -0.15) is 10.5 Å².